The molecular weight excluding hydrogens is 386 g/mol. The first-order valence-corrected chi connectivity index (χ1v) is 8.84. The van der Waals surface area contributed by atoms with Gasteiger partial charge in [-0.3, -0.25) is 0 Å². The first-order chi connectivity index (χ1) is 11.9. The highest BCUT2D eigenvalue weighted by Crippen LogP contribution is 2.38. The van der Waals surface area contributed by atoms with Crippen molar-refractivity contribution < 1.29 is 19.1 Å². The number of nitrogens with zero attached hydrogens (tertiary/aromatic N) is 1. The van der Waals surface area contributed by atoms with E-state index in [2.05, 4.69) is 15.9 Å². The molecule has 0 atom stereocenters. The highest BCUT2D eigenvalue weighted by molar-refractivity contribution is 9.10. The van der Waals surface area contributed by atoms with Crippen molar-refractivity contribution in [2.45, 2.75) is 26.2 Å². The molecule has 0 bridgehead atoms. The zero-order valence-corrected chi connectivity index (χ0v) is 16.4. The lowest BCUT2D eigenvalue weighted by molar-refractivity contribution is -0.137. The summed E-state index contributed by atoms with van der Waals surface area (Å²) < 4.78 is 10.8. The van der Waals surface area contributed by atoms with Crippen LogP contribution in [0.3, 0.4) is 0 Å². The van der Waals surface area contributed by atoms with E-state index in [4.69, 9.17) is 9.47 Å². The van der Waals surface area contributed by atoms with Crippen LogP contribution in [-0.2, 0) is 19.1 Å². The summed E-state index contributed by atoms with van der Waals surface area (Å²) in [7, 11) is 2.68. The van der Waals surface area contributed by atoms with E-state index in [1.807, 2.05) is 36.9 Å². The van der Waals surface area contributed by atoms with Gasteiger partial charge in [0.25, 0.3) is 0 Å². The minimum absolute atomic E-state index is 0.412. The van der Waals surface area contributed by atoms with E-state index in [9.17, 15) is 9.59 Å². The maximum Gasteiger partial charge on any atom is 0.336 e. The molecule has 1 aromatic rings. The summed E-state index contributed by atoms with van der Waals surface area (Å²) in [5.74, 6) is -1.46. The van der Waals surface area contributed by atoms with Crippen molar-refractivity contribution in [3.63, 3.8) is 0 Å². The van der Waals surface area contributed by atoms with Crippen LogP contribution in [0.1, 0.15) is 30.4 Å². The molecule has 1 heterocycles. The molecule has 0 amide bonds. The zero-order chi connectivity index (χ0) is 18.6. The zero-order valence-electron chi connectivity index (χ0n) is 14.8. The van der Waals surface area contributed by atoms with Gasteiger partial charge in [0, 0.05) is 23.4 Å². The average Bonchev–Trinajstić information content (AvgIpc) is 2.62. The van der Waals surface area contributed by atoms with Gasteiger partial charge in [-0.1, -0.05) is 35.0 Å². The van der Waals surface area contributed by atoms with E-state index in [0.717, 1.165) is 22.0 Å². The summed E-state index contributed by atoms with van der Waals surface area (Å²) in [4.78, 5) is 26.6. The lowest BCUT2D eigenvalue weighted by atomic mass is 9.83. The van der Waals surface area contributed by atoms with Crippen LogP contribution in [0.5, 0.6) is 0 Å². The molecule has 2 rings (SSSR count). The van der Waals surface area contributed by atoms with Gasteiger partial charge in [-0.05, 0) is 30.5 Å². The number of carbonyl (C=O) groups is 2. The number of hydrogen-bond donors (Lipinski definition) is 0. The number of carbonyl (C=O) groups excluding carboxylic acids is 2. The second-order valence-corrected chi connectivity index (χ2v) is 6.69. The SMILES string of the molecule is CCCN1C=C(C(=O)OC)C(c2ccc(C)c(Br)c2)C(C(=O)OC)=C1. The fourth-order valence-electron chi connectivity index (χ4n) is 2.82. The Hall–Kier alpha value is -2.08. The molecule has 0 spiro atoms. The molecular formula is C19H22BrNO4. The number of benzene rings is 1. The summed E-state index contributed by atoms with van der Waals surface area (Å²) in [6, 6.07) is 5.78. The van der Waals surface area contributed by atoms with Crippen LogP contribution in [0.4, 0.5) is 0 Å². The van der Waals surface area contributed by atoms with Crippen molar-refractivity contribution in [1.82, 2.24) is 4.90 Å². The summed E-state index contributed by atoms with van der Waals surface area (Å²) in [5.41, 5.74) is 2.71. The Kier molecular flexibility index (Phi) is 6.42. The van der Waals surface area contributed by atoms with Gasteiger partial charge in [0.2, 0.25) is 0 Å². The van der Waals surface area contributed by atoms with E-state index in [0.29, 0.717) is 17.7 Å². The van der Waals surface area contributed by atoms with E-state index >= 15 is 0 Å². The Bertz CT molecular complexity index is 705. The van der Waals surface area contributed by atoms with Gasteiger partial charge in [0.05, 0.1) is 31.3 Å². The van der Waals surface area contributed by atoms with Crippen molar-refractivity contribution in [2.24, 2.45) is 0 Å². The van der Waals surface area contributed by atoms with E-state index < -0.39 is 17.9 Å². The van der Waals surface area contributed by atoms with Crippen molar-refractivity contribution in [3.8, 4) is 0 Å². The number of rotatable bonds is 5. The first kappa shape index (κ1) is 19.2. The minimum atomic E-state index is -0.537. The molecule has 1 aliphatic rings. The molecule has 0 unspecified atom stereocenters. The Morgan fingerprint density at radius 2 is 1.68 bits per heavy atom. The smallest absolute Gasteiger partial charge is 0.336 e. The summed E-state index contributed by atoms with van der Waals surface area (Å²) in [5, 5.41) is 0. The number of aryl methyl sites for hydroxylation is 1. The molecule has 0 N–H and O–H groups in total. The van der Waals surface area contributed by atoms with Gasteiger partial charge in [-0.25, -0.2) is 9.59 Å². The molecule has 0 fully saturated rings. The number of methoxy groups -OCH3 is 2. The maximum absolute atomic E-state index is 12.4. The molecule has 0 radical (unpaired) electrons. The standard InChI is InChI=1S/C19H22BrNO4/c1-5-8-21-10-14(18(22)24-3)17(15(11-21)19(23)25-4)13-7-6-12(2)16(20)9-13/h6-7,9-11,17H,5,8H2,1-4H3. The number of esters is 2. The molecule has 134 valence electrons. The van der Waals surface area contributed by atoms with Crippen LogP contribution in [0.15, 0.2) is 46.2 Å². The Morgan fingerprint density at radius 3 is 2.12 bits per heavy atom. The monoisotopic (exact) mass is 407 g/mol. The van der Waals surface area contributed by atoms with Crippen molar-refractivity contribution in [2.75, 3.05) is 20.8 Å². The largest absolute Gasteiger partial charge is 0.466 e. The van der Waals surface area contributed by atoms with Crippen LogP contribution in [0, 0.1) is 6.92 Å². The summed E-state index contributed by atoms with van der Waals surface area (Å²) >= 11 is 3.52. The molecule has 0 saturated heterocycles. The number of halogens is 1. The maximum atomic E-state index is 12.4. The molecule has 25 heavy (non-hydrogen) atoms. The predicted molar refractivity (Wildman–Crippen MR) is 98.8 cm³/mol. The number of hydrogen-bond acceptors (Lipinski definition) is 5. The second kappa shape index (κ2) is 8.34. The van der Waals surface area contributed by atoms with Gasteiger partial charge in [0.15, 0.2) is 0 Å². The van der Waals surface area contributed by atoms with Crippen molar-refractivity contribution in [3.05, 3.63) is 57.3 Å². The Morgan fingerprint density at radius 1 is 1.12 bits per heavy atom. The average molecular weight is 408 g/mol. The van der Waals surface area contributed by atoms with Crippen LogP contribution in [-0.4, -0.2) is 37.6 Å². The lowest BCUT2D eigenvalue weighted by Crippen LogP contribution is -2.29. The van der Waals surface area contributed by atoms with Gasteiger partial charge in [-0.15, -0.1) is 0 Å². The lowest BCUT2D eigenvalue weighted by Gasteiger charge is -2.30. The van der Waals surface area contributed by atoms with Gasteiger partial charge in [0.1, 0.15) is 0 Å². The molecule has 0 saturated carbocycles. The van der Waals surface area contributed by atoms with Gasteiger partial charge < -0.3 is 14.4 Å². The van der Waals surface area contributed by atoms with Crippen LogP contribution in [0.25, 0.3) is 0 Å². The van der Waals surface area contributed by atoms with Crippen LogP contribution in [0.2, 0.25) is 0 Å². The summed E-state index contributed by atoms with van der Waals surface area (Å²) in [6.45, 7) is 4.69. The Labute approximate surface area is 156 Å². The molecule has 0 aliphatic carbocycles. The third-order valence-electron chi connectivity index (χ3n) is 4.09. The highest BCUT2D eigenvalue weighted by atomic mass is 79.9. The summed E-state index contributed by atoms with van der Waals surface area (Å²) in [6.07, 6.45) is 4.37. The Balaban J connectivity index is 2.61. The predicted octanol–water partition coefficient (Wildman–Crippen LogP) is 3.68. The van der Waals surface area contributed by atoms with Gasteiger partial charge >= 0.3 is 11.9 Å². The number of ether oxygens (including phenoxy) is 2. The fourth-order valence-corrected chi connectivity index (χ4v) is 3.22. The molecule has 1 aromatic carbocycles. The topological polar surface area (TPSA) is 55.8 Å². The molecule has 5 nitrogen and oxygen atoms in total. The first-order valence-electron chi connectivity index (χ1n) is 8.04. The van der Waals surface area contributed by atoms with Gasteiger partial charge in [-0.2, -0.15) is 0 Å². The quantitative estimate of drug-likeness (QED) is 0.696. The minimum Gasteiger partial charge on any atom is -0.466 e. The third-order valence-corrected chi connectivity index (χ3v) is 4.94. The van der Waals surface area contributed by atoms with E-state index in [-0.39, 0.29) is 0 Å². The van der Waals surface area contributed by atoms with E-state index in [1.165, 1.54) is 14.2 Å². The fraction of sp³-hybridized carbons (Fsp3) is 0.368. The van der Waals surface area contributed by atoms with Crippen LogP contribution < -0.4 is 0 Å². The van der Waals surface area contributed by atoms with Crippen LogP contribution >= 0.6 is 15.9 Å². The molecule has 0 aromatic heterocycles. The van der Waals surface area contributed by atoms with Crippen molar-refractivity contribution >= 4 is 27.9 Å². The highest BCUT2D eigenvalue weighted by Gasteiger charge is 2.35. The van der Waals surface area contributed by atoms with E-state index in [1.54, 1.807) is 12.4 Å². The third kappa shape index (κ3) is 4.12. The molecule has 6 heteroatoms. The molecule has 1 aliphatic heterocycles. The normalized spacial score (nSPS) is 14.7. The van der Waals surface area contributed by atoms with Crippen molar-refractivity contribution in [1.29, 1.82) is 0 Å². The second-order valence-electron chi connectivity index (χ2n) is 5.83.